The van der Waals surface area contributed by atoms with Crippen LogP contribution in [0.2, 0.25) is 0 Å². The van der Waals surface area contributed by atoms with Gasteiger partial charge in [-0.1, -0.05) is 6.07 Å². The molecule has 1 amide bonds. The Morgan fingerprint density at radius 1 is 1.47 bits per heavy atom. The predicted molar refractivity (Wildman–Crippen MR) is 61.8 cm³/mol. The van der Waals surface area contributed by atoms with Gasteiger partial charge < -0.3 is 10.0 Å². The minimum absolute atomic E-state index is 0.0756. The first-order valence-electron chi connectivity index (χ1n) is 5.56. The Bertz CT molecular complexity index is 584. The predicted octanol–water partition coefficient (Wildman–Crippen LogP) is 0.459. The van der Waals surface area contributed by atoms with Gasteiger partial charge in [-0.25, -0.2) is 4.98 Å². The van der Waals surface area contributed by atoms with Gasteiger partial charge in [0, 0.05) is 19.3 Å². The maximum Gasteiger partial charge on any atom is 0.272 e. The van der Waals surface area contributed by atoms with Gasteiger partial charge in [-0.15, -0.1) is 0 Å². The molecule has 0 radical (unpaired) electrons. The third kappa shape index (κ3) is 1.59. The number of pyridine rings is 1. The summed E-state index contributed by atoms with van der Waals surface area (Å²) in [7, 11) is 0. The summed E-state index contributed by atoms with van der Waals surface area (Å²) >= 11 is 0. The Hall–Kier alpha value is -1.88. The Labute approximate surface area is 98.3 Å². The van der Waals surface area contributed by atoms with Crippen molar-refractivity contribution in [3.05, 3.63) is 35.8 Å². The number of hydrogen-bond donors (Lipinski definition) is 1. The van der Waals surface area contributed by atoms with Crippen LogP contribution >= 0.6 is 0 Å². The van der Waals surface area contributed by atoms with Gasteiger partial charge in [0.2, 0.25) is 0 Å². The van der Waals surface area contributed by atoms with Crippen molar-refractivity contribution in [3.63, 3.8) is 0 Å². The fourth-order valence-corrected chi connectivity index (χ4v) is 2.03. The fraction of sp³-hybridized carbons (Fsp3) is 0.333. The van der Waals surface area contributed by atoms with Crippen LogP contribution in [-0.2, 0) is 0 Å². The highest BCUT2D eigenvalue weighted by atomic mass is 16.3. The largest absolute Gasteiger partial charge is 0.389 e. The second-order valence-electron chi connectivity index (χ2n) is 4.44. The van der Waals surface area contributed by atoms with Gasteiger partial charge >= 0.3 is 0 Å². The number of likely N-dealkylation sites (tertiary alicyclic amines) is 1. The molecule has 0 spiro atoms. The van der Waals surface area contributed by atoms with E-state index in [0.717, 1.165) is 11.2 Å². The highest BCUT2D eigenvalue weighted by Crippen LogP contribution is 2.15. The van der Waals surface area contributed by atoms with E-state index in [9.17, 15) is 9.90 Å². The van der Waals surface area contributed by atoms with Crippen LogP contribution in [0, 0.1) is 6.92 Å². The van der Waals surface area contributed by atoms with Crippen LogP contribution in [0.1, 0.15) is 16.1 Å². The molecule has 1 N–H and O–H groups in total. The molecule has 2 aromatic rings. The summed E-state index contributed by atoms with van der Waals surface area (Å²) < 4.78 is 1.79. The average molecular weight is 231 g/mol. The average Bonchev–Trinajstić information content (AvgIpc) is 2.66. The second-order valence-corrected chi connectivity index (χ2v) is 4.44. The zero-order valence-corrected chi connectivity index (χ0v) is 9.50. The molecule has 1 aliphatic heterocycles. The number of fused-ring (bicyclic) bond motifs is 1. The molecular weight excluding hydrogens is 218 g/mol. The lowest BCUT2D eigenvalue weighted by Crippen LogP contribution is -2.53. The molecule has 0 saturated carbocycles. The second kappa shape index (κ2) is 3.56. The van der Waals surface area contributed by atoms with E-state index in [0.29, 0.717) is 18.8 Å². The third-order valence-electron chi connectivity index (χ3n) is 3.02. The number of amides is 1. The number of carbonyl (C=O) groups excluding carboxylic acids is 1. The number of hydrogen-bond acceptors (Lipinski definition) is 3. The Kier molecular flexibility index (Phi) is 2.16. The van der Waals surface area contributed by atoms with E-state index in [1.165, 1.54) is 0 Å². The zero-order chi connectivity index (χ0) is 12.0. The number of aryl methyl sites for hydroxylation is 1. The van der Waals surface area contributed by atoms with Crippen molar-refractivity contribution in [1.82, 2.24) is 14.3 Å². The minimum Gasteiger partial charge on any atom is -0.389 e. The summed E-state index contributed by atoms with van der Waals surface area (Å²) in [5.74, 6) is -0.0756. The van der Waals surface area contributed by atoms with E-state index in [2.05, 4.69) is 4.98 Å². The van der Waals surface area contributed by atoms with E-state index < -0.39 is 0 Å². The first-order valence-corrected chi connectivity index (χ1v) is 5.56. The molecule has 0 unspecified atom stereocenters. The summed E-state index contributed by atoms with van der Waals surface area (Å²) in [4.78, 5) is 17.9. The number of aliphatic hydroxyl groups is 1. The number of nitrogens with zero attached hydrogens (tertiary/aromatic N) is 3. The van der Waals surface area contributed by atoms with Crippen molar-refractivity contribution in [3.8, 4) is 0 Å². The maximum absolute atomic E-state index is 12.1. The van der Waals surface area contributed by atoms with Crippen molar-refractivity contribution >= 4 is 11.6 Å². The molecule has 0 atom stereocenters. The van der Waals surface area contributed by atoms with Crippen molar-refractivity contribution in [2.75, 3.05) is 13.1 Å². The van der Waals surface area contributed by atoms with Crippen LogP contribution in [0.4, 0.5) is 0 Å². The van der Waals surface area contributed by atoms with Crippen LogP contribution < -0.4 is 0 Å². The van der Waals surface area contributed by atoms with Gasteiger partial charge in [0.15, 0.2) is 0 Å². The van der Waals surface area contributed by atoms with Crippen LogP contribution in [0.5, 0.6) is 0 Å². The Balaban J connectivity index is 2.00. The van der Waals surface area contributed by atoms with Crippen molar-refractivity contribution in [1.29, 1.82) is 0 Å². The van der Waals surface area contributed by atoms with Gasteiger partial charge in [-0.2, -0.15) is 0 Å². The molecule has 0 aromatic carbocycles. The normalized spacial score (nSPS) is 16.2. The number of rotatable bonds is 1. The number of imidazole rings is 1. The molecule has 5 heteroatoms. The molecule has 0 aliphatic carbocycles. The molecule has 3 rings (SSSR count). The smallest absolute Gasteiger partial charge is 0.272 e. The molecule has 17 heavy (non-hydrogen) atoms. The topological polar surface area (TPSA) is 57.8 Å². The van der Waals surface area contributed by atoms with Gasteiger partial charge in [0.1, 0.15) is 11.3 Å². The molecule has 1 fully saturated rings. The minimum atomic E-state index is -0.375. The monoisotopic (exact) mass is 231 g/mol. The quantitative estimate of drug-likeness (QED) is 0.775. The standard InChI is InChI=1S/C12H13N3O2/c1-8-2-3-11-13-4-10(15(11)5-8)12(17)14-6-9(16)7-14/h2-5,9,16H,6-7H2,1H3. The number of carbonyl (C=O) groups is 1. The summed E-state index contributed by atoms with van der Waals surface area (Å²) in [5, 5.41) is 9.21. The van der Waals surface area contributed by atoms with Crippen molar-refractivity contribution < 1.29 is 9.90 Å². The van der Waals surface area contributed by atoms with Gasteiger partial charge in [0.05, 0.1) is 12.3 Å². The summed E-state index contributed by atoms with van der Waals surface area (Å²) in [6.07, 6.45) is 3.10. The SMILES string of the molecule is Cc1ccc2ncc(C(=O)N3CC(O)C3)n2c1. The third-order valence-corrected chi connectivity index (χ3v) is 3.02. The van der Waals surface area contributed by atoms with Crippen molar-refractivity contribution in [2.45, 2.75) is 13.0 Å². The van der Waals surface area contributed by atoms with Gasteiger partial charge in [-0.05, 0) is 18.6 Å². The Morgan fingerprint density at radius 3 is 2.94 bits per heavy atom. The van der Waals surface area contributed by atoms with Gasteiger partial charge in [-0.3, -0.25) is 9.20 Å². The van der Waals surface area contributed by atoms with Crippen LogP contribution in [0.15, 0.2) is 24.5 Å². The molecule has 2 aromatic heterocycles. The maximum atomic E-state index is 12.1. The first-order chi connectivity index (χ1) is 8.15. The number of aliphatic hydroxyl groups excluding tert-OH is 1. The zero-order valence-electron chi connectivity index (χ0n) is 9.50. The molecule has 0 bridgehead atoms. The fourth-order valence-electron chi connectivity index (χ4n) is 2.03. The van der Waals surface area contributed by atoms with Crippen LogP contribution in [-0.4, -0.2) is 44.5 Å². The van der Waals surface area contributed by atoms with Gasteiger partial charge in [0.25, 0.3) is 5.91 Å². The molecule has 5 nitrogen and oxygen atoms in total. The highest BCUT2D eigenvalue weighted by molar-refractivity contribution is 5.93. The summed E-state index contributed by atoms with van der Waals surface area (Å²) in [6.45, 7) is 2.80. The van der Waals surface area contributed by atoms with Crippen LogP contribution in [0.3, 0.4) is 0 Å². The number of β-amino-alcohol motifs (C(OH)–C–C–N with tert-alkyl or cyclic N) is 1. The van der Waals surface area contributed by atoms with Crippen LogP contribution in [0.25, 0.3) is 5.65 Å². The van der Waals surface area contributed by atoms with E-state index in [4.69, 9.17) is 0 Å². The van der Waals surface area contributed by atoms with Crippen molar-refractivity contribution in [2.24, 2.45) is 0 Å². The Morgan fingerprint density at radius 2 is 2.24 bits per heavy atom. The van der Waals surface area contributed by atoms with E-state index in [1.807, 2.05) is 25.3 Å². The molecular formula is C12H13N3O2. The number of aromatic nitrogens is 2. The lowest BCUT2D eigenvalue weighted by Gasteiger charge is -2.35. The first kappa shape index (κ1) is 10.3. The molecule has 3 heterocycles. The van der Waals surface area contributed by atoms with E-state index in [-0.39, 0.29) is 12.0 Å². The summed E-state index contributed by atoms with van der Waals surface area (Å²) in [5.41, 5.74) is 2.39. The highest BCUT2D eigenvalue weighted by Gasteiger charge is 2.30. The lowest BCUT2D eigenvalue weighted by molar-refractivity contribution is 0.00543. The summed E-state index contributed by atoms with van der Waals surface area (Å²) in [6, 6.07) is 3.85. The molecule has 88 valence electrons. The molecule has 1 aliphatic rings. The van der Waals surface area contributed by atoms with E-state index in [1.54, 1.807) is 15.5 Å². The van der Waals surface area contributed by atoms with E-state index >= 15 is 0 Å². The lowest BCUT2D eigenvalue weighted by atomic mass is 10.1. The molecule has 1 saturated heterocycles.